The van der Waals surface area contributed by atoms with E-state index in [4.69, 9.17) is 0 Å². The number of hydrogen-bond donors (Lipinski definition) is 0. The molecule has 0 aromatic rings. The standard InChI is InChI=1S/C17H34BrNO/c1-3-4-16-19(2)17(20)14-12-10-8-6-5-7-9-11-13-15-18/h3-16H2,1-2H3. The number of rotatable bonds is 14. The molecule has 0 heterocycles. The molecule has 1 amide bonds. The van der Waals surface area contributed by atoms with Gasteiger partial charge in [-0.1, -0.05) is 74.2 Å². The molecule has 0 saturated heterocycles. The molecular weight excluding hydrogens is 314 g/mol. The van der Waals surface area contributed by atoms with Crippen LogP contribution in [0.4, 0.5) is 0 Å². The molecule has 0 unspecified atom stereocenters. The van der Waals surface area contributed by atoms with Crippen molar-refractivity contribution < 1.29 is 4.79 Å². The Balaban J connectivity index is 3.24. The summed E-state index contributed by atoms with van der Waals surface area (Å²) < 4.78 is 0. The number of halogens is 1. The molecule has 20 heavy (non-hydrogen) atoms. The topological polar surface area (TPSA) is 20.3 Å². The molecule has 0 aliphatic rings. The van der Waals surface area contributed by atoms with Crippen LogP contribution in [0.3, 0.4) is 0 Å². The Morgan fingerprint density at radius 1 is 0.850 bits per heavy atom. The maximum atomic E-state index is 11.8. The van der Waals surface area contributed by atoms with E-state index in [2.05, 4.69) is 22.9 Å². The highest BCUT2D eigenvalue weighted by atomic mass is 79.9. The van der Waals surface area contributed by atoms with Gasteiger partial charge in [-0.25, -0.2) is 0 Å². The van der Waals surface area contributed by atoms with Crippen molar-refractivity contribution in [1.82, 2.24) is 4.90 Å². The Hall–Kier alpha value is -0.0500. The zero-order valence-corrected chi connectivity index (χ0v) is 15.2. The van der Waals surface area contributed by atoms with Crippen LogP contribution >= 0.6 is 15.9 Å². The van der Waals surface area contributed by atoms with E-state index in [-0.39, 0.29) is 0 Å². The Labute approximate surface area is 134 Å². The van der Waals surface area contributed by atoms with Gasteiger partial charge in [0.25, 0.3) is 0 Å². The summed E-state index contributed by atoms with van der Waals surface area (Å²) in [5.41, 5.74) is 0. The maximum absolute atomic E-state index is 11.8. The molecule has 3 heteroatoms. The van der Waals surface area contributed by atoms with Crippen LogP contribution in [0, 0.1) is 0 Å². The van der Waals surface area contributed by atoms with Crippen LogP contribution in [-0.2, 0) is 4.79 Å². The minimum absolute atomic E-state index is 0.327. The van der Waals surface area contributed by atoms with Crippen molar-refractivity contribution in [3.63, 3.8) is 0 Å². The van der Waals surface area contributed by atoms with Gasteiger partial charge in [0.05, 0.1) is 0 Å². The maximum Gasteiger partial charge on any atom is 0.222 e. The number of unbranched alkanes of at least 4 members (excludes halogenated alkanes) is 9. The first-order valence-corrected chi connectivity index (χ1v) is 9.64. The first-order chi connectivity index (χ1) is 9.72. The summed E-state index contributed by atoms with van der Waals surface area (Å²) in [6, 6.07) is 0. The van der Waals surface area contributed by atoms with Gasteiger partial charge in [-0.15, -0.1) is 0 Å². The summed E-state index contributed by atoms with van der Waals surface area (Å²) >= 11 is 3.47. The fourth-order valence-corrected chi connectivity index (χ4v) is 2.72. The second-order valence-electron chi connectivity index (χ2n) is 5.79. The largest absolute Gasteiger partial charge is 0.346 e. The fraction of sp³-hybridized carbons (Fsp3) is 0.941. The highest BCUT2D eigenvalue weighted by Gasteiger charge is 2.06. The van der Waals surface area contributed by atoms with E-state index >= 15 is 0 Å². The summed E-state index contributed by atoms with van der Waals surface area (Å²) in [7, 11) is 1.94. The lowest BCUT2D eigenvalue weighted by Gasteiger charge is -2.16. The average molecular weight is 348 g/mol. The van der Waals surface area contributed by atoms with Gasteiger partial charge in [0.15, 0.2) is 0 Å². The van der Waals surface area contributed by atoms with E-state index in [0.717, 1.165) is 37.6 Å². The molecular formula is C17H34BrNO. The van der Waals surface area contributed by atoms with E-state index in [1.807, 2.05) is 11.9 Å². The van der Waals surface area contributed by atoms with Gasteiger partial charge in [0, 0.05) is 25.3 Å². The lowest BCUT2D eigenvalue weighted by Crippen LogP contribution is -2.27. The molecule has 0 aromatic heterocycles. The average Bonchev–Trinajstić information content (AvgIpc) is 2.46. The molecule has 0 saturated carbocycles. The Morgan fingerprint density at radius 2 is 1.35 bits per heavy atom. The third-order valence-electron chi connectivity index (χ3n) is 3.80. The third-order valence-corrected chi connectivity index (χ3v) is 4.36. The number of amides is 1. The summed E-state index contributed by atoms with van der Waals surface area (Å²) in [4.78, 5) is 13.7. The van der Waals surface area contributed by atoms with Crippen molar-refractivity contribution >= 4 is 21.8 Å². The number of nitrogens with zero attached hydrogens (tertiary/aromatic N) is 1. The van der Waals surface area contributed by atoms with E-state index in [1.165, 1.54) is 51.4 Å². The molecule has 0 atom stereocenters. The zero-order chi connectivity index (χ0) is 15.1. The molecule has 0 aliphatic carbocycles. The van der Waals surface area contributed by atoms with Gasteiger partial charge in [-0.3, -0.25) is 4.79 Å². The van der Waals surface area contributed by atoms with Crippen LogP contribution in [0.1, 0.15) is 84.0 Å². The molecule has 0 bridgehead atoms. The van der Waals surface area contributed by atoms with Crippen LogP contribution in [0.25, 0.3) is 0 Å². The summed E-state index contributed by atoms with van der Waals surface area (Å²) in [5, 5.41) is 1.15. The van der Waals surface area contributed by atoms with Crippen molar-refractivity contribution in [2.45, 2.75) is 84.0 Å². The lowest BCUT2D eigenvalue weighted by molar-refractivity contribution is -0.130. The second kappa shape index (κ2) is 15.3. The van der Waals surface area contributed by atoms with Crippen molar-refractivity contribution in [1.29, 1.82) is 0 Å². The van der Waals surface area contributed by atoms with Gasteiger partial charge < -0.3 is 4.90 Å². The minimum Gasteiger partial charge on any atom is -0.346 e. The van der Waals surface area contributed by atoms with Gasteiger partial charge in [-0.2, -0.15) is 0 Å². The normalized spacial score (nSPS) is 10.8. The third kappa shape index (κ3) is 13.0. The second-order valence-corrected chi connectivity index (χ2v) is 6.58. The quantitative estimate of drug-likeness (QED) is 0.298. The van der Waals surface area contributed by atoms with E-state index in [9.17, 15) is 4.79 Å². The van der Waals surface area contributed by atoms with Crippen LogP contribution in [0.15, 0.2) is 0 Å². The molecule has 0 aromatic carbocycles. The monoisotopic (exact) mass is 347 g/mol. The highest BCUT2D eigenvalue weighted by molar-refractivity contribution is 9.09. The van der Waals surface area contributed by atoms with E-state index in [0.29, 0.717) is 5.91 Å². The van der Waals surface area contributed by atoms with E-state index < -0.39 is 0 Å². The smallest absolute Gasteiger partial charge is 0.222 e. The summed E-state index contributed by atoms with van der Waals surface area (Å²) in [6.07, 6.45) is 14.8. The van der Waals surface area contributed by atoms with Gasteiger partial charge in [-0.05, 0) is 19.3 Å². The number of hydrogen-bond acceptors (Lipinski definition) is 1. The fourth-order valence-electron chi connectivity index (χ4n) is 2.32. The van der Waals surface area contributed by atoms with Gasteiger partial charge in [0.1, 0.15) is 0 Å². The van der Waals surface area contributed by atoms with Crippen LogP contribution in [0.5, 0.6) is 0 Å². The highest BCUT2D eigenvalue weighted by Crippen LogP contribution is 2.11. The molecule has 0 N–H and O–H groups in total. The van der Waals surface area contributed by atoms with Crippen molar-refractivity contribution in [3.8, 4) is 0 Å². The summed E-state index contributed by atoms with van der Waals surface area (Å²) in [5.74, 6) is 0.327. The molecule has 120 valence electrons. The van der Waals surface area contributed by atoms with Gasteiger partial charge >= 0.3 is 0 Å². The molecule has 0 aliphatic heterocycles. The summed E-state index contributed by atoms with van der Waals surface area (Å²) in [6.45, 7) is 3.09. The first kappa shape index (κ1) is 19.9. The SMILES string of the molecule is CCCCN(C)C(=O)CCCCCCCCCCCBr. The Morgan fingerprint density at radius 3 is 1.85 bits per heavy atom. The number of alkyl halides is 1. The zero-order valence-electron chi connectivity index (χ0n) is 13.6. The molecule has 2 nitrogen and oxygen atoms in total. The molecule has 0 spiro atoms. The predicted molar refractivity (Wildman–Crippen MR) is 92.5 cm³/mol. The van der Waals surface area contributed by atoms with Crippen LogP contribution in [0.2, 0.25) is 0 Å². The number of carbonyl (C=O) groups is 1. The molecule has 0 rings (SSSR count). The van der Waals surface area contributed by atoms with Crippen LogP contribution < -0.4 is 0 Å². The Kier molecular flexibility index (Phi) is 15.3. The van der Waals surface area contributed by atoms with Crippen molar-refractivity contribution in [3.05, 3.63) is 0 Å². The van der Waals surface area contributed by atoms with Crippen LogP contribution in [-0.4, -0.2) is 29.7 Å². The Bertz CT molecular complexity index is 221. The van der Waals surface area contributed by atoms with E-state index in [1.54, 1.807) is 0 Å². The minimum atomic E-state index is 0.327. The van der Waals surface area contributed by atoms with Gasteiger partial charge in [0.2, 0.25) is 5.91 Å². The molecule has 0 radical (unpaired) electrons. The van der Waals surface area contributed by atoms with Crippen molar-refractivity contribution in [2.75, 3.05) is 18.9 Å². The lowest BCUT2D eigenvalue weighted by atomic mass is 10.1. The first-order valence-electron chi connectivity index (χ1n) is 8.52. The molecule has 0 fully saturated rings. The number of carbonyl (C=O) groups excluding carboxylic acids is 1. The predicted octanol–water partition coefficient (Wildman–Crippen LogP) is 5.54. The van der Waals surface area contributed by atoms with Crippen molar-refractivity contribution in [2.24, 2.45) is 0 Å².